The van der Waals surface area contributed by atoms with Crippen molar-refractivity contribution >= 4 is 34.6 Å². The molecule has 0 atom stereocenters. The van der Waals surface area contributed by atoms with Crippen LogP contribution >= 0.6 is 11.6 Å². The molecule has 4 rings (SSSR count). The maximum Gasteiger partial charge on any atom is 0.251 e. The van der Waals surface area contributed by atoms with Gasteiger partial charge in [0.15, 0.2) is 5.65 Å². The number of amides is 2. The summed E-state index contributed by atoms with van der Waals surface area (Å²) in [6, 6.07) is 8.89. The third-order valence-electron chi connectivity index (χ3n) is 5.09. The predicted molar refractivity (Wildman–Crippen MR) is 111 cm³/mol. The molecule has 8 heteroatoms. The minimum absolute atomic E-state index is 0.175. The summed E-state index contributed by atoms with van der Waals surface area (Å²) in [5.41, 5.74) is 2.65. The molecule has 0 unspecified atom stereocenters. The molecule has 2 amide bonds. The van der Waals surface area contributed by atoms with Gasteiger partial charge in [0, 0.05) is 37.8 Å². The van der Waals surface area contributed by atoms with Crippen LogP contribution in [0.3, 0.4) is 0 Å². The van der Waals surface area contributed by atoms with Crippen molar-refractivity contribution in [3.63, 3.8) is 0 Å². The molecule has 29 heavy (non-hydrogen) atoms. The quantitative estimate of drug-likeness (QED) is 0.632. The van der Waals surface area contributed by atoms with Crippen molar-refractivity contribution in [1.82, 2.24) is 24.8 Å². The number of benzene rings is 1. The van der Waals surface area contributed by atoms with E-state index in [9.17, 15) is 9.59 Å². The summed E-state index contributed by atoms with van der Waals surface area (Å²) >= 11 is 6.43. The summed E-state index contributed by atoms with van der Waals surface area (Å²) in [4.78, 5) is 35.0. The highest BCUT2D eigenvalue weighted by Crippen LogP contribution is 2.26. The van der Waals surface area contributed by atoms with E-state index in [0.29, 0.717) is 41.4 Å². The van der Waals surface area contributed by atoms with Crippen molar-refractivity contribution < 1.29 is 9.59 Å². The maximum atomic E-state index is 12.6. The zero-order valence-corrected chi connectivity index (χ0v) is 16.9. The van der Waals surface area contributed by atoms with Crippen LogP contribution in [0, 0.1) is 6.92 Å². The zero-order chi connectivity index (χ0) is 20.4. The Morgan fingerprint density at radius 1 is 1.31 bits per heavy atom. The number of nitrogens with zero attached hydrogens (tertiary/aromatic N) is 4. The van der Waals surface area contributed by atoms with Crippen molar-refractivity contribution in [2.45, 2.75) is 26.2 Å². The van der Waals surface area contributed by atoms with Gasteiger partial charge in [-0.15, -0.1) is 0 Å². The lowest BCUT2D eigenvalue weighted by molar-refractivity contribution is -0.127. The monoisotopic (exact) mass is 411 g/mol. The smallest absolute Gasteiger partial charge is 0.251 e. The molecule has 0 aliphatic carbocycles. The first-order chi connectivity index (χ1) is 14.0. The van der Waals surface area contributed by atoms with E-state index in [-0.39, 0.29) is 11.8 Å². The summed E-state index contributed by atoms with van der Waals surface area (Å²) in [6.45, 7) is 3.88. The van der Waals surface area contributed by atoms with E-state index in [1.54, 1.807) is 24.4 Å². The first-order valence-corrected chi connectivity index (χ1v) is 10.1. The molecular weight excluding hydrogens is 390 g/mol. The molecular formula is C21H22ClN5O2. The summed E-state index contributed by atoms with van der Waals surface area (Å²) < 4.78 is 1.85. The van der Waals surface area contributed by atoms with Gasteiger partial charge < -0.3 is 10.2 Å². The van der Waals surface area contributed by atoms with Gasteiger partial charge in [-0.1, -0.05) is 11.6 Å². The average Bonchev–Trinajstić information content (AvgIpc) is 3.27. The molecule has 3 heterocycles. The highest BCUT2D eigenvalue weighted by Gasteiger charge is 2.19. The topological polar surface area (TPSA) is 80.1 Å². The molecule has 150 valence electrons. The van der Waals surface area contributed by atoms with Crippen molar-refractivity contribution in [3.05, 3.63) is 52.9 Å². The van der Waals surface area contributed by atoms with Crippen LogP contribution in [0.25, 0.3) is 16.9 Å². The Labute approximate surface area is 173 Å². The van der Waals surface area contributed by atoms with E-state index in [1.165, 1.54) is 0 Å². The Hall–Kier alpha value is -2.93. The number of aryl methyl sites for hydroxylation is 1. The van der Waals surface area contributed by atoms with Crippen molar-refractivity contribution in [3.8, 4) is 5.69 Å². The zero-order valence-electron chi connectivity index (χ0n) is 16.2. The van der Waals surface area contributed by atoms with Crippen molar-refractivity contribution in [1.29, 1.82) is 0 Å². The third kappa shape index (κ3) is 3.96. The number of likely N-dealkylation sites (tertiary alicyclic amines) is 1. The van der Waals surface area contributed by atoms with E-state index < -0.39 is 0 Å². The number of carbonyl (C=O) groups is 2. The number of hydrogen-bond donors (Lipinski definition) is 1. The minimum Gasteiger partial charge on any atom is -0.352 e. The van der Waals surface area contributed by atoms with E-state index >= 15 is 0 Å². The number of fused-ring (bicyclic) bond motifs is 1. The molecule has 1 saturated heterocycles. The molecule has 7 nitrogen and oxygen atoms in total. The highest BCUT2D eigenvalue weighted by atomic mass is 35.5. The third-order valence-corrected chi connectivity index (χ3v) is 5.41. The van der Waals surface area contributed by atoms with Crippen molar-refractivity contribution in [2.24, 2.45) is 0 Å². The van der Waals surface area contributed by atoms with Gasteiger partial charge in [-0.05, 0) is 50.1 Å². The fourth-order valence-corrected chi connectivity index (χ4v) is 3.86. The molecule has 1 aromatic carbocycles. The summed E-state index contributed by atoms with van der Waals surface area (Å²) in [5.74, 6) is 0.773. The first kappa shape index (κ1) is 19.4. The number of pyridine rings is 1. The van der Waals surface area contributed by atoms with Crippen LogP contribution in [-0.2, 0) is 4.79 Å². The number of aromatic nitrogens is 3. The molecule has 3 aromatic rings. The summed E-state index contributed by atoms with van der Waals surface area (Å²) in [6.07, 6.45) is 4.00. The van der Waals surface area contributed by atoms with E-state index in [0.717, 1.165) is 30.7 Å². The van der Waals surface area contributed by atoms with Gasteiger partial charge in [0.1, 0.15) is 11.3 Å². The molecule has 1 aliphatic rings. The molecule has 0 radical (unpaired) electrons. The normalized spacial score (nSPS) is 14.0. The van der Waals surface area contributed by atoms with Gasteiger partial charge >= 0.3 is 0 Å². The highest BCUT2D eigenvalue weighted by molar-refractivity contribution is 6.32. The molecule has 2 aromatic heterocycles. The van der Waals surface area contributed by atoms with Gasteiger partial charge in [0.25, 0.3) is 5.91 Å². The standard InChI is InChI=1S/C21H22ClN5O2/c1-14-25-17-5-2-9-23-20(17)27(14)18-13-15(7-8-16(18)22)21(29)24-10-4-12-26-11-3-6-19(26)28/h2,5,7-9,13H,3-4,6,10-12H2,1H3,(H,24,29). The Morgan fingerprint density at radius 2 is 2.17 bits per heavy atom. The molecule has 0 spiro atoms. The predicted octanol–water partition coefficient (Wildman–Crippen LogP) is 3.12. The molecule has 1 N–H and O–H groups in total. The molecule has 0 saturated carbocycles. The van der Waals surface area contributed by atoms with Crippen LogP contribution in [0.4, 0.5) is 0 Å². The fraction of sp³-hybridized carbons (Fsp3) is 0.333. The van der Waals surface area contributed by atoms with Crippen LogP contribution in [0.15, 0.2) is 36.5 Å². The Bertz CT molecular complexity index is 1080. The fourth-order valence-electron chi connectivity index (χ4n) is 3.65. The lowest BCUT2D eigenvalue weighted by Crippen LogP contribution is -2.30. The lowest BCUT2D eigenvalue weighted by atomic mass is 10.1. The van der Waals surface area contributed by atoms with Gasteiger partial charge in [-0.3, -0.25) is 14.2 Å². The van der Waals surface area contributed by atoms with Gasteiger partial charge in [0.2, 0.25) is 5.91 Å². The van der Waals surface area contributed by atoms with Gasteiger partial charge in [-0.2, -0.15) is 0 Å². The SMILES string of the molecule is Cc1nc2cccnc2n1-c1cc(C(=O)NCCCN2CCCC2=O)ccc1Cl. The number of nitrogens with one attached hydrogen (secondary N) is 1. The number of halogens is 1. The van der Waals surface area contributed by atoms with Crippen LogP contribution in [0.5, 0.6) is 0 Å². The largest absolute Gasteiger partial charge is 0.352 e. The number of imidazole rings is 1. The van der Waals surface area contributed by atoms with Crippen molar-refractivity contribution in [2.75, 3.05) is 19.6 Å². The number of hydrogen-bond acceptors (Lipinski definition) is 4. The Kier molecular flexibility index (Phi) is 5.49. The Morgan fingerprint density at radius 3 is 2.97 bits per heavy atom. The van der Waals surface area contributed by atoms with Gasteiger partial charge in [-0.25, -0.2) is 9.97 Å². The lowest BCUT2D eigenvalue weighted by Gasteiger charge is -2.15. The first-order valence-electron chi connectivity index (χ1n) is 9.70. The van der Waals surface area contributed by atoms with E-state index in [1.807, 2.05) is 28.5 Å². The van der Waals surface area contributed by atoms with E-state index in [2.05, 4.69) is 15.3 Å². The second-order valence-electron chi connectivity index (χ2n) is 7.10. The second-order valence-corrected chi connectivity index (χ2v) is 7.51. The Balaban J connectivity index is 1.48. The summed E-state index contributed by atoms with van der Waals surface area (Å²) in [7, 11) is 0. The van der Waals surface area contributed by atoms with Crippen LogP contribution in [0.2, 0.25) is 5.02 Å². The van der Waals surface area contributed by atoms with Crippen LogP contribution in [-0.4, -0.2) is 50.9 Å². The minimum atomic E-state index is -0.175. The number of rotatable bonds is 6. The second kappa shape index (κ2) is 8.21. The van der Waals surface area contributed by atoms with Crippen LogP contribution < -0.4 is 5.32 Å². The van der Waals surface area contributed by atoms with Crippen LogP contribution in [0.1, 0.15) is 35.4 Å². The van der Waals surface area contributed by atoms with E-state index in [4.69, 9.17) is 11.6 Å². The molecule has 1 fully saturated rings. The average molecular weight is 412 g/mol. The van der Waals surface area contributed by atoms with Gasteiger partial charge in [0.05, 0.1) is 10.7 Å². The summed E-state index contributed by atoms with van der Waals surface area (Å²) in [5, 5.41) is 3.44. The maximum absolute atomic E-state index is 12.6. The molecule has 0 bridgehead atoms. The number of carbonyl (C=O) groups excluding carboxylic acids is 2. The molecule has 1 aliphatic heterocycles.